The van der Waals surface area contributed by atoms with Crippen molar-refractivity contribution in [2.75, 3.05) is 27.7 Å². The zero-order valence-electron chi connectivity index (χ0n) is 11.3. The monoisotopic (exact) mass is 236 g/mol. The van der Waals surface area contributed by atoms with E-state index in [4.69, 9.17) is 10.5 Å². The number of ether oxygens (including phenoxy) is 1. The van der Waals surface area contributed by atoms with E-state index in [0.717, 1.165) is 18.7 Å². The van der Waals surface area contributed by atoms with Crippen LogP contribution in [0.2, 0.25) is 0 Å². The van der Waals surface area contributed by atoms with Gasteiger partial charge in [0.2, 0.25) is 0 Å². The van der Waals surface area contributed by atoms with Gasteiger partial charge in [-0.2, -0.15) is 0 Å². The standard InChI is InChI=1S/C14H24N2O/c1-11(10-15)8-14(16(2)3)12-6-5-7-13(9-12)17-4/h5-7,9,11,14H,8,10,15H2,1-4H3. The topological polar surface area (TPSA) is 38.5 Å². The molecule has 0 amide bonds. The third-order valence-electron chi connectivity index (χ3n) is 3.13. The summed E-state index contributed by atoms with van der Waals surface area (Å²) in [4.78, 5) is 2.24. The summed E-state index contributed by atoms with van der Waals surface area (Å²) in [5, 5.41) is 0. The Kier molecular flexibility index (Phi) is 5.45. The average molecular weight is 236 g/mol. The number of nitrogens with two attached hydrogens (primary N) is 1. The molecule has 1 aromatic carbocycles. The van der Waals surface area contributed by atoms with Crippen LogP contribution < -0.4 is 10.5 Å². The number of methoxy groups -OCH3 is 1. The molecule has 0 heterocycles. The van der Waals surface area contributed by atoms with Gasteiger partial charge in [0.1, 0.15) is 5.75 Å². The van der Waals surface area contributed by atoms with Crippen molar-refractivity contribution in [2.45, 2.75) is 19.4 Å². The quantitative estimate of drug-likeness (QED) is 0.823. The Morgan fingerprint density at radius 3 is 2.59 bits per heavy atom. The van der Waals surface area contributed by atoms with Crippen molar-refractivity contribution >= 4 is 0 Å². The van der Waals surface area contributed by atoms with Gasteiger partial charge in [0, 0.05) is 6.04 Å². The molecule has 3 heteroatoms. The molecule has 0 radical (unpaired) electrons. The van der Waals surface area contributed by atoms with Crippen molar-refractivity contribution in [3.8, 4) is 5.75 Å². The average Bonchev–Trinajstić information content (AvgIpc) is 2.35. The molecule has 0 saturated carbocycles. The molecule has 0 aliphatic heterocycles. The first-order chi connectivity index (χ1) is 8.08. The Hall–Kier alpha value is -1.06. The van der Waals surface area contributed by atoms with Gasteiger partial charge in [0.05, 0.1) is 7.11 Å². The van der Waals surface area contributed by atoms with Crippen LogP contribution in [-0.2, 0) is 0 Å². The first-order valence-corrected chi connectivity index (χ1v) is 6.09. The highest BCUT2D eigenvalue weighted by atomic mass is 16.5. The van der Waals surface area contributed by atoms with Gasteiger partial charge in [0.15, 0.2) is 0 Å². The third-order valence-corrected chi connectivity index (χ3v) is 3.13. The lowest BCUT2D eigenvalue weighted by molar-refractivity contribution is 0.254. The molecule has 0 fully saturated rings. The molecule has 0 bridgehead atoms. The Balaban J connectivity index is 2.88. The highest BCUT2D eigenvalue weighted by Gasteiger charge is 2.17. The molecular weight excluding hydrogens is 212 g/mol. The van der Waals surface area contributed by atoms with E-state index in [9.17, 15) is 0 Å². The van der Waals surface area contributed by atoms with E-state index in [1.165, 1.54) is 5.56 Å². The first kappa shape index (κ1) is 14.0. The first-order valence-electron chi connectivity index (χ1n) is 6.09. The zero-order valence-corrected chi connectivity index (χ0v) is 11.3. The lowest BCUT2D eigenvalue weighted by Crippen LogP contribution is -2.24. The van der Waals surface area contributed by atoms with Gasteiger partial charge in [0.25, 0.3) is 0 Å². The summed E-state index contributed by atoms with van der Waals surface area (Å²) in [6.45, 7) is 2.92. The molecule has 0 aromatic heterocycles. The third kappa shape index (κ3) is 4.02. The van der Waals surface area contributed by atoms with Gasteiger partial charge in [-0.25, -0.2) is 0 Å². The van der Waals surface area contributed by atoms with Gasteiger partial charge in [-0.3, -0.25) is 0 Å². The Labute approximate surface area is 105 Å². The maximum absolute atomic E-state index is 5.71. The van der Waals surface area contributed by atoms with Crippen molar-refractivity contribution in [3.63, 3.8) is 0 Å². The fraction of sp³-hybridized carbons (Fsp3) is 0.571. The number of benzene rings is 1. The van der Waals surface area contributed by atoms with Crippen LogP contribution in [0.15, 0.2) is 24.3 Å². The summed E-state index contributed by atoms with van der Waals surface area (Å²) in [5.41, 5.74) is 7.00. The van der Waals surface area contributed by atoms with Crippen LogP contribution in [-0.4, -0.2) is 32.6 Å². The van der Waals surface area contributed by atoms with Crippen LogP contribution in [0.4, 0.5) is 0 Å². The van der Waals surface area contributed by atoms with Gasteiger partial charge >= 0.3 is 0 Å². The fourth-order valence-electron chi connectivity index (χ4n) is 1.97. The minimum atomic E-state index is 0.392. The summed E-state index contributed by atoms with van der Waals surface area (Å²) >= 11 is 0. The number of nitrogens with zero attached hydrogens (tertiary/aromatic N) is 1. The van der Waals surface area contributed by atoms with Crippen molar-refractivity contribution in [1.82, 2.24) is 4.90 Å². The van der Waals surface area contributed by atoms with Gasteiger partial charge in [-0.15, -0.1) is 0 Å². The molecule has 0 aliphatic carbocycles. The SMILES string of the molecule is COc1cccc(C(CC(C)CN)N(C)C)c1. The van der Waals surface area contributed by atoms with E-state index in [0.29, 0.717) is 12.0 Å². The second-order valence-electron chi connectivity index (χ2n) is 4.83. The summed E-state index contributed by atoms with van der Waals surface area (Å²) in [6.07, 6.45) is 1.07. The van der Waals surface area contributed by atoms with E-state index >= 15 is 0 Å². The summed E-state index contributed by atoms with van der Waals surface area (Å²) in [6, 6.07) is 8.66. The summed E-state index contributed by atoms with van der Waals surface area (Å²) in [7, 11) is 5.91. The van der Waals surface area contributed by atoms with Gasteiger partial charge in [-0.1, -0.05) is 19.1 Å². The molecular formula is C14H24N2O. The predicted octanol–water partition coefficient (Wildman–Crippen LogP) is 2.28. The van der Waals surface area contributed by atoms with E-state index in [2.05, 4.69) is 38.1 Å². The Morgan fingerprint density at radius 2 is 2.06 bits per heavy atom. The summed E-state index contributed by atoms with van der Waals surface area (Å²) < 4.78 is 5.27. The normalized spacial score (nSPS) is 14.7. The molecule has 2 unspecified atom stereocenters. The maximum atomic E-state index is 5.71. The molecule has 96 valence electrons. The molecule has 3 nitrogen and oxygen atoms in total. The van der Waals surface area contributed by atoms with Crippen molar-refractivity contribution < 1.29 is 4.74 Å². The van der Waals surface area contributed by atoms with Crippen LogP contribution in [0.25, 0.3) is 0 Å². The minimum absolute atomic E-state index is 0.392. The molecule has 0 aliphatic rings. The van der Waals surface area contributed by atoms with Crippen LogP contribution in [0.5, 0.6) is 5.75 Å². The maximum Gasteiger partial charge on any atom is 0.119 e. The molecule has 1 rings (SSSR count). The van der Waals surface area contributed by atoms with Crippen LogP contribution in [0, 0.1) is 5.92 Å². The molecule has 2 N–H and O–H groups in total. The van der Waals surface area contributed by atoms with Crippen molar-refractivity contribution in [3.05, 3.63) is 29.8 Å². The zero-order chi connectivity index (χ0) is 12.8. The van der Waals surface area contributed by atoms with Crippen molar-refractivity contribution in [2.24, 2.45) is 11.7 Å². The van der Waals surface area contributed by atoms with E-state index < -0.39 is 0 Å². The van der Waals surface area contributed by atoms with Crippen LogP contribution >= 0.6 is 0 Å². The lowest BCUT2D eigenvalue weighted by atomic mass is 9.95. The fourth-order valence-corrected chi connectivity index (χ4v) is 1.97. The van der Waals surface area contributed by atoms with E-state index in [1.54, 1.807) is 7.11 Å². The molecule has 0 saturated heterocycles. The van der Waals surface area contributed by atoms with E-state index in [1.807, 2.05) is 12.1 Å². The number of rotatable bonds is 6. The smallest absolute Gasteiger partial charge is 0.119 e. The Bertz CT molecular complexity index is 339. The molecule has 17 heavy (non-hydrogen) atoms. The largest absolute Gasteiger partial charge is 0.497 e. The van der Waals surface area contributed by atoms with Gasteiger partial charge < -0.3 is 15.4 Å². The summed E-state index contributed by atoms with van der Waals surface area (Å²) in [5.74, 6) is 1.43. The van der Waals surface area contributed by atoms with Crippen molar-refractivity contribution in [1.29, 1.82) is 0 Å². The number of hydrogen-bond donors (Lipinski definition) is 1. The van der Waals surface area contributed by atoms with E-state index in [-0.39, 0.29) is 0 Å². The highest BCUT2D eigenvalue weighted by molar-refractivity contribution is 5.30. The van der Waals surface area contributed by atoms with Gasteiger partial charge in [-0.05, 0) is 50.7 Å². The Morgan fingerprint density at radius 1 is 1.35 bits per heavy atom. The molecule has 2 atom stereocenters. The highest BCUT2D eigenvalue weighted by Crippen LogP contribution is 2.27. The second-order valence-corrected chi connectivity index (χ2v) is 4.83. The van der Waals surface area contributed by atoms with Crippen LogP contribution in [0.3, 0.4) is 0 Å². The number of hydrogen-bond acceptors (Lipinski definition) is 3. The van der Waals surface area contributed by atoms with Crippen LogP contribution in [0.1, 0.15) is 24.9 Å². The predicted molar refractivity (Wildman–Crippen MR) is 72.3 cm³/mol. The minimum Gasteiger partial charge on any atom is -0.497 e. The molecule has 0 spiro atoms. The lowest BCUT2D eigenvalue weighted by Gasteiger charge is -2.27. The second kappa shape index (κ2) is 6.62. The molecule has 1 aromatic rings.